The van der Waals surface area contributed by atoms with E-state index in [2.05, 4.69) is 6.58 Å². The Morgan fingerprint density at radius 1 is 1.08 bits per heavy atom. The Labute approximate surface area is 141 Å². The third-order valence-electron chi connectivity index (χ3n) is 4.67. The SMILES string of the molecule is C=C1CCCC(C(=O)OC)(C(=O)OC)CC1C(=O)c1ccccc1. The first-order valence-corrected chi connectivity index (χ1v) is 7.90. The number of hydrogen-bond acceptors (Lipinski definition) is 5. The van der Waals surface area contributed by atoms with Gasteiger partial charge in [-0.05, 0) is 25.7 Å². The number of allylic oxidation sites excluding steroid dienone is 1. The van der Waals surface area contributed by atoms with Gasteiger partial charge in [0.1, 0.15) is 0 Å². The van der Waals surface area contributed by atoms with Gasteiger partial charge in [-0.2, -0.15) is 0 Å². The molecule has 0 aromatic heterocycles. The van der Waals surface area contributed by atoms with Crippen LogP contribution in [0, 0.1) is 11.3 Å². The van der Waals surface area contributed by atoms with Gasteiger partial charge in [-0.25, -0.2) is 0 Å². The van der Waals surface area contributed by atoms with Gasteiger partial charge in [0, 0.05) is 11.5 Å². The number of methoxy groups -OCH3 is 2. The molecule has 1 aromatic rings. The molecule has 0 aliphatic heterocycles. The van der Waals surface area contributed by atoms with Gasteiger partial charge >= 0.3 is 11.9 Å². The smallest absolute Gasteiger partial charge is 0.323 e. The third kappa shape index (κ3) is 3.25. The second-order valence-electron chi connectivity index (χ2n) is 6.06. The quantitative estimate of drug-likeness (QED) is 0.279. The van der Waals surface area contributed by atoms with Crippen LogP contribution in [0.2, 0.25) is 0 Å². The minimum Gasteiger partial charge on any atom is -0.468 e. The van der Waals surface area contributed by atoms with Crippen LogP contribution in [0.5, 0.6) is 0 Å². The molecule has 0 saturated heterocycles. The number of carbonyl (C=O) groups is 3. The van der Waals surface area contributed by atoms with Gasteiger partial charge in [0.25, 0.3) is 0 Å². The molecule has 0 heterocycles. The molecule has 5 nitrogen and oxygen atoms in total. The molecule has 1 aliphatic rings. The molecule has 128 valence electrons. The zero-order valence-corrected chi connectivity index (χ0v) is 14.0. The lowest BCUT2D eigenvalue weighted by Gasteiger charge is -2.29. The van der Waals surface area contributed by atoms with Crippen molar-refractivity contribution in [2.24, 2.45) is 11.3 Å². The first kappa shape index (κ1) is 17.9. The predicted molar refractivity (Wildman–Crippen MR) is 88.3 cm³/mol. The van der Waals surface area contributed by atoms with Crippen LogP contribution in [-0.2, 0) is 19.1 Å². The highest BCUT2D eigenvalue weighted by Gasteiger charge is 2.52. The van der Waals surface area contributed by atoms with Crippen LogP contribution in [0.15, 0.2) is 42.5 Å². The van der Waals surface area contributed by atoms with Crippen molar-refractivity contribution in [1.82, 2.24) is 0 Å². The van der Waals surface area contributed by atoms with E-state index in [0.29, 0.717) is 18.4 Å². The van der Waals surface area contributed by atoms with Gasteiger partial charge in [0.2, 0.25) is 0 Å². The Morgan fingerprint density at radius 2 is 1.67 bits per heavy atom. The molecule has 5 heteroatoms. The van der Waals surface area contributed by atoms with Crippen LogP contribution >= 0.6 is 0 Å². The van der Waals surface area contributed by atoms with E-state index in [1.807, 2.05) is 6.07 Å². The van der Waals surface area contributed by atoms with E-state index >= 15 is 0 Å². The van der Waals surface area contributed by atoms with Gasteiger partial charge in [-0.1, -0.05) is 42.5 Å². The van der Waals surface area contributed by atoms with E-state index in [1.165, 1.54) is 14.2 Å². The monoisotopic (exact) mass is 330 g/mol. The molecular formula is C19H22O5. The zero-order chi connectivity index (χ0) is 17.7. The molecule has 0 spiro atoms. The van der Waals surface area contributed by atoms with Crippen LogP contribution in [0.1, 0.15) is 36.0 Å². The summed E-state index contributed by atoms with van der Waals surface area (Å²) in [5.74, 6) is -2.07. The summed E-state index contributed by atoms with van der Waals surface area (Å²) in [5.41, 5.74) is -0.189. The average Bonchev–Trinajstić information content (AvgIpc) is 2.80. The number of hydrogen-bond donors (Lipinski definition) is 0. The topological polar surface area (TPSA) is 69.7 Å². The molecule has 1 aliphatic carbocycles. The largest absolute Gasteiger partial charge is 0.468 e. The van der Waals surface area contributed by atoms with Crippen molar-refractivity contribution >= 4 is 17.7 Å². The van der Waals surface area contributed by atoms with Crippen molar-refractivity contribution in [3.63, 3.8) is 0 Å². The highest BCUT2D eigenvalue weighted by atomic mass is 16.5. The summed E-state index contributed by atoms with van der Waals surface area (Å²) >= 11 is 0. The van der Waals surface area contributed by atoms with E-state index in [1.54, 1.807) is 24.3 Å². The van der Waals surface area contributed by atoms with Crippen LogP contribution in [0.4, 0.5) is 0 Å². The van der Waals surface area contributed by atoms with Crippen molar-refractivity contribution in [2.75, 3.05) is 14.2 Å². The summed E-state index contributed by atoms with van der Waals surface area (Å²) < 4.78 is 9.72. The molecule has 0 bridgehead atoms. The Kier molecular flexibility index (Phi) is 5.54. The van der Waals surface area contributed by atoms with Crippen molar-refractivity contribution in [2.45, 2.75) is 25.7 Å². The van der Waals surface area contributed by atoms with Gasteiger partial charge in [0.15, 0.2) is 11.2 Å². The fraction of sp³-hybridized carbons (Fsp3) is 0.421. The van der Waals surface area contributed by atoms with Crippen LogP contribution < -0.4 is 0 Å². The minimum atomic E-state index is -1.46. The number of esters is 2. The first-order valence-electron chi connectivity index (χ1n) is 7.90. The lowest BCUT2D eigenvalue weighted by Crippen LogP contribution is -2.43. The Bertz CT molecular complexity index is 631. The van der Waals surface area contributed by atoms with Crippen LogP contribution in [0.3, 0.4) is 0 Å². The highest BCUT2D eigenvalue weighted by Crippen LogP contribution is 2.42. The van der Waals surface area contributed by atoms with E-state index in [9.17, 15) is 14.4 Å². The molecular weight excluding hydrogens is 308 g/mol. The van der Waals surface area contributed by atoms with Crippen LogP contribution in [-0.4, -0.2) is 31.9 Å². The minimum absolute atomic E-state index is 0.0267. The molecule has 24 heavy (non-hydrogen) atoms. The summed E-state index contributed by atoms with van der Waals surface area (Å²) in [6.07, 6.45) is 1.46. The lowest BCUT2D eigenvalue weighted by molar-refractivity contribution is -0.170. The summed E-state index contributed by atoms with van der Waals surface area (Å²) in [5, 5.41) is 0. The molecule has 2 rings (SSSR count). The predicted octanol–water partition coefficient (Wildman–Crippen LogP) is 2.95. The van der Waals surface area contributed by atoms with Crippen molar-refractivity contribution in [1.29, 1.82) is 0 Å². The molecule has 0 amide bonds. The number of ether oxygens (including phenoxy) is 2. The van der Waals surface area contributed by atoms with E-state index in [0.717, 1.165) is 5.57 Å². The fourth-order valence-electron chi connectivity index (χ4n) is 3.31. The molecule has 1 saturated carbocycles. The Morgan fingerprint density at radius 3 is 2.21 bits per heavy atom. The molecule has 1 fully saturated rings. The second-order valence-corrected chi connectivity index (χ2v) is 6.06. The van der Waals surface area contributed by atoms with E-state index < -0.39 is 23.3 Å². The molecule has 1 unspecified atom stereocenters. The summed E-state index contributed by atoms with van der Waals surface area (Å²) in [7, 11) is 2.47. The van der Waals surface area contributed by atoms with E-state index in [-0.39, 0.29) is 18.6 Å². The first-order chi connectivity index (χ1) is 11.5. The van der Waals surface area contributed by atoms with Gasteiger partial charge in [-0.3, -0.25) is 14.4 Å². The third-order valence-corrected chi connectivity index (χ3v) is 4.67. The fourth-order valence-corrected chi connectivity index (χ4v) is 3.31. The maximum absolute atomic E-state index is 12.9. The lowest BCUT2D eigenvalue weighted by atomic mass is 9.74. The van der Waals surface area contributed by atoms with E-state index in [4.69, 9.17) is 9.47 Å². The standard InChI is InChI=1S/C19H22O5/c1-13-8-7-11-19(17(21)23-2,18(22)24-3)12-15(13)16(20)14-9-5-4-6-10-14/h4-6,9-10,15H,1,7-8,11-12H2,2-3H3. The van der Waals surface area contributed by atoms with Crippen molar-refractivity contribution in [3.8, 4) is 0 Å². The molecule has 0 N–H and O–H groups in total. The Hall–Kier alpha value is -2.43. The van der Waals surface area contributed by atoms with Gasteiger partial charge < -0.3 is 9.47 Å². The van der Waals surface area contributed by atoms with Crippen molar-refractivity contribution in [3.05, 3.63) is 48.0 Å². The maximum atomic E-state index is 12.9. The molecule has 0 radical (unpaired) electrons. The van der Waals surface area contributed by atoms with Crippen LogP contribution in [0.25, 0.3) is 0 Å². The highest BCUT2D eigenvalue weighted by molar-refractivity contribution is 6.03. The molecule has 1 aromatic carbocycles. The number of benzene rings is 1. The molecule has 1 atom stereocenters. The van der Waals surface area contributed by atoms with Gasteiger partial charge in [0.05, 0.1) is 14.2 Å². The Balaban J connectivity index is 2.43. The average molecular weight is 330 g/mol. The summed E-state index contributed by atoms with van der Waals surface area (Å²) in [4.78, 5) is 37.7. The maximum Gasteiger partial charge on any atom is 0.323 e. The van der Waals surface area contributed by atoms with Crippen molar-refractivity contribution < 1.29 is 23.9 Å². The number of Topliss-reactive ketones (excluding diaryl/α,β-unsaturated/α-hetero) is 1. The van der Waals surface area contributed by atoms with Gasteiger partial charge in [-0.15, -0.1) is 0 Å². The summed E-state index contributed by atoms with van der Waals surface area (Å²) in [6, 6.07) is 8.82. The summed E-state index contributed by atoms with van der Waals surface area (Å²) in [6.45, 7) is 4.01. The number of ketones is 1. The zero-order valence-electron chi connectivity index (χ0n) is 14.0. The second kappa shape index (κ2) is 7.43. The number of rotatable bonds is 4. The number of carbonyl (C=O) groups excluding carboxylic acids is 3. The normalized spacial score (nSPS) is 19.9.